The summed E-state index contributed by atoms with van der Waals surface area (Å²) in [5.74, 6) is -0.337. The summed E-state index contributed by atoms with van der Waals surface area (Å²) < 4.78 is 9.58. The molecule has 3 atom stereocenters. The maximum atomic E-state index is 12.2. The average molecular weight is 455 g/mol. The number of rotatable bonds is 8. The zero-order valence-corrected chi connectivity index (χ0v) is 19.1. The minimum absolute atomic E-state index is 0.0417. The predicted molar refractivity (Wildman–Crippen MR) is 124 cm³/mol. The number of ether oxygens (including phenoxy) is 1. The number of carboxylic acid groups (broad SMARTS) is 1. The lowest BCUT2D eigenvalue weighted by Gasteiger charge is -2.17. The maximum absolute atomic E-state index is 12.2. The van der Waals surface area contributed by atoms with E-state index in [1.807, 2.05) is 24.3 Å². The van der Waals surface area contributed by atoms with Gasteiger partial charge in [0.15, 0.2) is 0 Å². The van der Waals surface area contributed by atoms with Gasteiger partial charge in [-0.15, -0.1) is 0 Å². The molecule has 1 unspecified atom stereocenters. The fourth-order valence-electron chi connectivity index (χ4n) is 4.37. The standard InChI is InChI=1S/C24H30N4O5/c1-14-9-17(12-27(3)23(14)30)22-26-19-10-16(11-25-21(15(2)29)24(31)32)6-7-20(19)28(22)13-18-5-4-8-33-18/h6-7,9-10,12,15,18,21,25,29H,4-5,8,11,13H2,1-3H3,(H,31,32)/t15-,18?,21+/m1/s1. The Bertz CT molecular complexity index is 1200. The normalized spacial score (nSPS) is 18.0. The van der Waals surface area contributed by atoms with Crippen molar-refractivity contribution in [2.24, 2.45) is 7.05 Å². The molecule has 0 aliphatic carbocycles. The molecular weight excluding hydrogens is 424 g/mol. The van der Waals surface area contributed by atoms with Gasteiger partial charge in [0, 0.05) is 37.5 Å². The van der Waals surface area contributed by atoms with Crippen LogP contribution in [0.2, 0.25) is 0 Å². The molecule has 3 aromatic rings. The van der Waals surface area contributed by atoms with Gasteiger partial charge >= 0.3 is 5.97 Å². The van der Waals surface area contributed by atoms with Crippen molar-refractivity contribution in [2.75, 3.05) is 6.61 Å². The van der Waals surface area contributed by atoms with E-state index in [1.165, 1.54) is 6.92 Å². The van der Waals surface area contributed by atoms with Crippen LogP contribution in [-0.4, -0.2) is 55.2 Å². The van der Waals surface area contributed by atoms with E-state index < -0.39 is 18.1 Å². The van der Waals surface area contributed by atoms with Crippen LogP contribution in [0.1, 0.15) is 30.9 Å². The lowest BCUT2D eigenvalue weighted by molar-refractivity contribution is -0.142. The van der Waals surface area contributed by atoms with Crippen LogP contribution in [-0.2, 0) is 29.7 Å². The summed E-state index contributed by atoms with van der Waals surface area (Å²) in [6.45, 7) is 4.95. The van der Waals surface area contributed by atoms with Crippen molar-refractivity contribution in [1.29, 1.82) is 0 Å². The summed E-state index contributed by atoms with van der Waals surface area (Å²) in [7, 11) is 1.73. The summed E-state index contributed by atoms with van der Waals surface area (Å²) in [5.41, 5.74) is 4.04. The topological polar surface area (TPSA) is 119 Å². The Morgan fingerprint density at radius 2 is 2.15 bits per heavy atom. The Morgan fingerprint density at radius 1 is 1.36 bits per heavy atom. The van der Waals surface area contributed by atoms with E-state index in [2.05, 4.69) is 9.88 Å². The van der Waals surface area contributed by atoms with E-state index in [-0.39, 0.29) is 18.2 Å². The number of aliphatic hydroxyl groups excluding tert-OH is 1. The second kappa shape index (κ2) is 9.46. The van der Waals surface area contributed by atoms with Crippen molar-refractivity contribution < 1.29 is 19.7 Å². The Morgan fingerprint density at radius 3 is 2.79 bits per heavy atom. The molecule has 1 fully saturated rings. The zero-order chi connectivity index (χ0) is 23.7. The van der Waals surface area contributed by atoms with Crippen LogP contribution >= 0.6 is 0 Å². The van der Waals surface area contributed by atoms with E-state index in [1.54, 1.807) is 24.7 Å². The molecule has 0 spiro atoms. The molecule has 3 N–H and O–H groups in total. The molecule has 9 nitrogen and oxygen atoms in total. The highest BCUT2D eigenvalue weighted by Gasteiger charge is 2.23. The number of hydrogen-bond donors (Lipinski definition) is 3. The van der Waals surface area contributed by atoms with Gasteiger partial charge < -0.3 is 24.1 Å². The van der Waals surface area contributed by atoms with Crippen molar-refractivity contribution >= 4 is 17.0 Å². The van der Waals surface area contributed by atoms with E-state index in [4.69, 9.17) is 9.72 Å². The van der Waals surface area contributed by atoms with Gasteiger partial charge in [0.2, 0.25) is 0 Å². The maximum Gasteiger partial charge on any atom is 0.323 e. The quantitative estimate of drug-likeness (QED) is 0.475. The summed E-state index contributed by atoms with van der Waals surface area (Å²) in [5, 5.41) is 21.9. The average Bonchev–Trinajstić information content (AvgIpc) is 3.39. The molecule has 2 aromatic heterocycles. The highest BCUT2D eigenvalue weighted by atomic mass is 16.5. The minimum atomic E-state index is -1.10. The van der Waals surface area contributed by atoms with Crippen molar-refractivity contribution in [3.05, 3.63) is 51.9 Å². The van der Waals surface area contributed by atoms with Crippen molar-refractivity contribution in [2.45, 2.75) is 58.0 Å². The van der Waals surface area contributed by atoms with Gasteiger partial charge in [0.25, 0.3) is 5.56 Å². The Hall–Kier alpha value is -3.01. The third-order valence-electron chi connectivity index (χ3n) is 6.12. The largest absolute Gasteiger partial charge is 0.480 e. The molecule has 0 radical (unpaired) electrons. The summed E-state index contributed by atoms with van der Waals surface area (Å²) in [4.78, 5) is 28.4. The fraction of sp³-hybridized carbons (Fsp3) is 0.458. The number of fused-ring (bicyclic) bond motifs is 1. The lowest BCUT2D eigenvalue weighted by atomic mass is 10.1. The highest BCUT2D eigenvalue weighted by molar-refractivity contribution is 5.81. The Balaban J connectivity index is 1.73. The number of hydrogen-bond acceptors (Lipinski definition) is 6. The van der Waals surface area contributed by atoms with Gasteiger partial charge in [-0.3, -0.25) is 14.9 Å². The van der Waals surface area contributed by atoms with Gasteiger partial charge in [-0.2, -0.15) is 0 Å². The number of benzene rings is 1. The van der Waals surface area contributed by atoms with Gasteiger partial charge in [0.05, 0.1) is 29.8 Å². The molecule has 1 aliphatic heterocycles. The third kappa shape index (κ3) is 4.85. The Kier molecular flexibility index (Phi) is 6.64. The fourth-order valence-corrected chi connectivity index (χ4v) is 4.37. The molecule has 176 valence electrons. The SMILES string of the molecule is Cc1cc(-c2nc3cc(CN[C@H](C(=O)O)[C@@H](C)O)ccc3n2CC2CCCO2)cn(C)c1=O. The number of carboxylic acids is 1. The van der Waals surface area contributed by atoms with Crippen molar-refractivity contribution in [3.63, 3.8) is 0 Å². The third-order valence-corrected chi connectivity index (χ3v) is 6.12. The smallest absolute Gasteiger partial charge is 0.323 e. The van der Waals surface area contributed by atoms with Crippen LogP contribution in [0.25, 0.3) is 22.4 Å². The van der Waals surface area contributed by atoms with E-state index in [0.29, 0.717) is 12.1 Å². The first kappa shape index (κ1) is 23.2. The number of carbonyl (C=O) groups is 1. The van der Waals surface area contributed by atoms with Crippen LogP contribution in [0.3, 0.4) is 0 Å². The molecule has 0 bridgehead atoms. The van der Waals surface area contributed by atoms with Gasteiger partial charge in [-0.25, -0.2) is 4.98 Å². The van der Waals surface area contributed by atoms with E-state index >= 15 is 0 Å². The summed E-state index contributed by atoms with van der Waals surface area (Å²) >= 11 is 0. The van der Waals surface area contributed by atoms with Crippen LogP contribution in [0.5, 0.6) is 0 Å². The Labute approximate surface area is 191 Å². The zero-order valence-electron chi connectivity index (χ0n) is 19.1. The van der Waals surface area contributed by atoms with Gasteiger partial charge in [0.1, 0.15) is 11.9 Å². The molecule has 33 heavy (non-hydrogen) atoms. The number of imidazole rings is 1. The lowest BCUT2D eigenvalue weighted by Crippen LogP contribution is -2.44. The first-order chi connectivity index (χ1) is 15.7. The van der Waals surface area contributed by atoms with Crippen LogP contribution in [0, 0.1) is 6.92 Å². The molecule has 1 aromatic carbocycles. The monoisotopic (exact) mass is 454 g/mol. The molecule has 1 saturated heterocycles. The molecule has 3 heterocycles. The number of aryl methyl sites for hydroxylation is 2. The number of nitrogens with zero attached hydrogens (tertiary/aromatic N) is 3. The molecule has 1 aliphatic rings. The number of aromatic nitrogens is 3. The molecule has 0 amide bonds. The number of nitrogens with one attached hydrogen (secondary N) is 1. The first-order valence-corrected chi connectivity index (χ1v) is 11.2. The van der Waals surface area contributed by atoms with Crippen LogP contribution < -0.4 is 10.9 Å². The highest BCUT2D eigenvalue weighted by Crippen LogP contribution is 2.28. The van der Waals surface area contributed by atoms with Crippen molar-refractivity contribution in [1.82, 2.24) is 19.4 Å². The van der Waals surface area contributed by atoms with E-state index in [9.17, 15) is 19.8 Å². The van der Waals surface area contributed by atoms with Gasteiger partial charge in [-0.1, -0.05) is 6.07 Å². The number of pyridine rings is 1. The summed E-state index contributed by atoms with van der Waals surface area (Å²) in [6, 6.07) is 6.64. The molecule has 9 heteroatoms. The van der Waals surface area contributed by atoms with Gasteiger partial charge in [-0.05, 0) is 50.5 Å². The predicted octanol–water partition coefficient (Wildman–Crippen LogP) is 1.81. The molecular formula is C24H30N4O5. The van der Waals surface area contributed by atoms with Crippen LogP contribution in [0.4, 0.5) is 0 Å². The second-order valence-corrected chi connectivity index (χ2v) is 8.77. The molecule has 0 saturated carbocycles. The number of aliphatic carboxylic acids is 1. The number of aliphatic hydroxyl groups is 1. The second-order valence-electron chi connectivity index (χ2n) is 8.77. The minimum Gasteiger partial charge on any atom is -0.480 e. The van der Waals surface area contributed by atoms with E-state index in [0.717, 1.165) is 47.4 Å². The van der Waals surface area contributed by atoms with Crippen molar-refractivity contribution in [3.8, 4) is 11.4 Å². The molecule has 4 rings (SSSR count). The first-order valence-electron chi connectivity index (χ1n) is 11.2. The summed E-state index contributed by atoms with van der Waals surface area (Å²) in [6.07, 6.45) is 2.92. The van der Waals surface area contributed by atoms with Crippen LogP contribution in [0.15, 0.2) is 35.3 Å².